The molecule has 0 bridgehead atoms. The molecule has 0 saturated carbocycles. The van der Waals surface area contributed by atoms with E-state index in [4.69, 9.17) is 4.74 Å². The Morgan fingerprint density at radius 1 is 1.13 bits per heavy atom. The van der Waals surface area contributed by atoms with Gasteiger partial charge in [-0.25, -0.2) is 0 Å². The summed E-state index contributed by atoms with van der Waals surface area (Å²) in [5.74, 6) is 0. The zero-order valence-electron chi connectivity index (χ0n) is 8.84. The summed E-state index contributed by atoms with van der Waals surface area (Å²) in [6.45, 7) is -4.34. The number of hydrogen-bond donors (Lipinski definition) is 0. The number of methoxy groups -OCH3 is 1. The molecule has 0 radical (unpaired) electrons. The van der Waals surface area contributed by atoms with Gasteiger partial charge in [-0.1, -0.05) is 24.3 Å². The molecule has 0 aliphatic rings. The van der Waals surface area contributed by atoms with Gasteiger partial charge in [-0.2, -0.15) is 0 Å². The van der Waals surface area contributed by atoms with Crippen LogP contribution >= 0.6 is 0 Å². The van der Waals surface area contributed by atoms with E-state index in [1.165, 1.54) is 12.1 Å². The molecule has 6 heteroatoms. The van der Waals surface area contributed by atoms with Crippen molar-refractivity contribution in [1.29, 1.82) is 0 Å². The van der Waals surface area contributed by atoms with Gasteiger partial charge in [0.25, 0.3) is 0 Å². The molecule has 0 heterocycles. The van der Waals surface area contributed by atoms with E-state index in [1.54, 1.807) is 7.11 Å². The van der Waals surface area contributed by atoms with E-state index in [0.29, 0.717) is 13.0 Å². The minimum atomic E-state index is -4.87. The predicted molar refractivity (Wildman–Crippen MR) is 50.7 cm³/mol. The molecule has 78 valence electrons. The van der Waals surface area contributed by atoms with Crippen molar-refractivity contribution in [1.82, 2.24) is 0 Å². The molecule has 0 aliphatic heterocycles. The molecule has 0 aliphatic carbocycles. The molecule has 0 spiro atoms. The third kappa shape index (κ3) is 5.51. The first-order chi connectivity index (χ1) is 6.54. The van der Waals surface area contributed by atoms with Gasteiger partial charge < -0.3 is 17.7 Å². The molecule has 0 saturated heterocycles. The van der Waals surface area contributed by atoms with Crippen LogP contribution in [0.3, 0.4) is 0 Å². The van der Waals surface area contributed by atoms with Crippen molar-refractivity contribution in [3.05, 3.63) is 29.8 Å². The summed E-state index contributed by atoms with van der Waals surface area (Å²) in [6.07, 6.45) is 0.641. The van der Waals surface area contributed by atoms with Gasteiger partial charge in [-0.05, 0) is 12.0 Å². The minimum Gasteiger partial charge on any atom is -0.445 e. The average Bonchev–Trinajstić information content (AvgIpc) is 2.14. The van der Waals surface area contributed by atoms with Crippen molar-refractivity contribution in [3.8, 4) is 0 Å². The summed E-state index contributed by atoms with van der Waals surface area (Å²) >= 11 is 0. The molecule has 0 aromatic heterocycles. The van der Waals surface area contributed by atoms with Crippen molar-refractivity contribution >= 4 is 12.4 Å². The largest absolute Gasteiger partial charge is 1.00 e. The molecule has 1 rings (SSSR count). The molecule has 0 unspecified atom stereocenters. The number of rotatable bonds is 4. The Kier molecular flexibility index (Phi) is 7.40. The normalized spacial score (nSPS) is 10.9. The van der Waals surface area contributed by atoms with Crippen LogP contribution in [0.5, 0.6) is 0 Å². The van der Waals surface area contributed by atoms with Crippen LogP contribution in [0.15, 0.2) is 24.3 Å². The van der Waals surface area contributed by atoms with Gasteiger partial charge in [-0.15, -0.1) is 5.46 Å². The molecule has 0 atom stereocenters. The molecule has 1 aromatic rings. The second-order valence-corrected chi connectivity index (χ2v) is 3.06. The third-order valence-corrected chi connectivity index (χ3v) is 1.95. The van der Waals surface area contributed by atoms with Crippen molar-refractivity contribution in [2.45, 2.75) is 6.42 Å². The van der Waals surface area contributed by atoms with E-state index in [-0.39, 0.29) is 51.4 Å². The van der Waals surface area contributed by atoms with Gasteiger partial charge in [0, 0.05) is 7.11 Å². The van der Waals surface area contributed by atoms with Crippen LogP contribution in [0.2, 0.25) is 0 Å². The van der Waals surface area contributed by atoms with Gasteiger partial charge in [-0.3, -0.25) is 0 Å². The Morgan fingerprint density at radius 2 is 1.67 bits per heavy atom. The van der Waals surface area contributed by atoms with Gasteiger partial charge in [0.05, 0.1) is 6.61 Å². The Hall–Kier alpha value is 0.671. The molecule has 15 heavy (non-hydrogen) atoms. The average molecular weight is 242 g/mol. The molecule has 1 nitrogen and oxygen atoms in total. The van der Waals surface area contributed by atoms with Crippen LogP contribution in [-0.4, -0.2) is 20.7 Å². The molecule has 0 amide bonds. The number of halogens is 3. The summed E-state index contributed by atoms with van der Waals surface area (Å²) in [5.41, 5.74) is 0.307. The van der Waals surface area contributed by atoms with E-state index in [0.717, 1.165) is 17.7 Å². The van der Waals surface area contributed by atoms with Gasteiger partial charge in [0.2, 0.25) is 0 Å². The van der Waals surface area contributed by atoms with E-state index in [9.17, 15) is 12.9 Å². The summed E-state index contributed by atoms with van der Waals surface area (Å²) < 4.78 is 41.5. The van der Waals surface area contributed by atoms with Crippen LogP contribution in [0.4, 0.5) is 12.9 Å². The fourth-order valence-corrected chi connectivity index (χ4v) is 1.12. The second kappa shape index (κ2) is 7.09. The van der Waals surface area contributed by atoms with Crippen molar-refractivity contribution in [2.24, 2.45) is 0 Å². The van der Waals surface area contributed by atoms with Gasteiger partial charge in [0.15, 0.2) is 0 Å². The smallest absolute Gasteiger partial charge is 0.445 e. The predicted octanol–water partition coefficient (Wildman–Crippen LogP) is -1.07. The Balaban J connectivity index is 0.00000196. The van der Waals surface area contributed by atoms with Crippen LogP contribution in [-0.2, 0) is 11.2 Å². The summed E-state index contributed by atoms with van der Waals surface area (Å²) in [4.78, 5) is 0. The van der Waals surface area contributed by atoms with E-state index in [1.807, 2.05) is 0 Å². The van der Waals surface area contributed by atoms with E-state index < -0.39 is 12.4 Å². The second-order valence-electron chi connectivity index (χ2n) is 3.06. The number of benzene rings is 1. The molecular weight excluding hydrogens is 231 g/mol. The van der Waals surface area contributed by atoms with Gasteiger partial charge in [0.1, 0.15) is 0 Å². The van der Waals surface area contributed by atoms with Gasteiger partial charge >= 0.3 is 58.4 Å². The SMILES string of the molecule is COCCc1ccc([B-](F)(F)F)cc1.[K+]. The molecule has 1 aromatic carbocycles. The first-order valence-corrected chi connectivity index (χ1v) is 4.32. The maximum Gasteiger partial charge on any atom is 1.00 e. The Morgan fingerprint density at radius 3 is 2.07 bits per heavy atom. The minimum absolute atomic E-state index is 0. The standard InChI is InChI=1S/C9H11BF3O.K/c1-14-7-6-8-2-4-9(5-3-8)10(11,12)13;/h2-5H,6-7H2,1H3;/q-1;+1. The van der Waals surface area contributed by atoms with Crippen molar-refractivity contribution < 1.29 is 69.1 Å². The zero-order valence-corrected chi connectivity index (χ0v) is 12.0. The molecule has 0 N–H and O–H groups in total. The zero-order chi connectivity index (χ0) is 10.6. The summed E-state index contributed by atoms with van der Waals surface area (Å²) in [5, 5.41) is 0. The Labute approximate surface area is 130 Å². The van der Waals surface area contributed by atoms with E-state index in [2.05, 4.69) is 0 Å². The topological polar surface area (TPSA) is 9.23 Å². The number of ether oxygens (including phenoxy) is 1. The molecular formula is C9H11BF3KO. The maximum atomic E-state index is 12.2. The van der Waals surface area contributed by atoms with E-state index >= 15 is 0 Å². The Bertz CT molecular complexity index is 286. The fraction of sp³-hybridized carbons (Fsp3) is 0.333. The first-order valence-electron chi connectivity index (χ1n) is 4.32. The van der Waals surface area contributed by atoms with Crippen LogP contribution in [0, 0.1) is 0 Å². The third-order valence-electron chi connectivity index (χ3n) is 1.95. The first kappa shape index (κ1) is 15.7. The van der Waals surface area contributed by atoms with Crippen LogP contribution in [0.1, 0.15) is 5.56 Å². The quantitative estimate of drug-likeness (QED) is 0.611. The summed E-state index contributed by atoms with van der Waals surface area (Å²) in [6, 6.07) is 5.21. The van der Waals surface area contributed by atoms with Crippen LogP contribution < -0.4 is 56.8 Å². The maximum absolute atomic E-state index is 12.2. The van der Waals surface area contributed by atoms with Crippen LogP contribution in [0.25, 0.3) is 0 Å². The monoisotopic (exact) mass is 242 g/mol. The fourth-order valence-electron chi connectivity index (χ4n) is 1.12. The van der Waals surface area contributed by atoms with Crippen molar-refractivity contribution in [3.63, 3.8) is 0 Å². The molecule has 0 fully saturated rings. The number of hydrogen-bond acceptors (Lipinski definition) is 1. The summed E-state index contributed by atoms with van der Waals surface area (Å²) in [7, 11) is 1.56. The van der Waals surface area contributed by atoms with Crippen molar-refractivity contribution in [2.75, 3.05) is 13.7 Å².